The maximum Gasteiger partial charge on any atom is 0.226 e. The van der Waals surface area contributed by atoms with E-state index < -0.39 is 0 Å². The SMILES string of the molecule is CCN(CCCO)C(=O)Cc1ccc(CN)cc1. The highest BCUT2D eigenvalue weighted by Gasteiger charge is 2.11. The van der Waals surface area contributed by atoms with Crippen LogP contribution in [-0.4, -0.2) is 35.6 Å². The Balaban J connectivity index is 2.55. The van der Waals surface area contributed by atoms with E-state index in [1.54, 1.807) is 4.90 Å². The molecule has 3 N–H and O–H groups in total. The lowest BCUT2D eigenvalue weighted by atomic mass is 10.1. The third-order valence-corrected chi connectivity index (χ3v) is 2.93. The zero-order valence-electron chi connectivity index (χ0n) is 10.9. The quantitative estimate of drug-likeness (QED) is 0.756. The number of rotatable bonds is 7. The van der Waals surface area contributed by atoms with Crippen molar-refractivity contribution in [3.05, 3.63) is 35.4 Å². The monoisotopic (exact) mass is 250 g/mol. The van der Waals surface area contributed by atoms with Crippen molar-refractivity contribution in [2.24, 2.45) is 5.73 Å². The highest BCUT2D eigenvalue weighted by molar-refractivity contribution is 5.78. The average molecular weight is 250 g/mol. The van der Waals surface area contributed by atoms with Gasteiger partial charge in [-0.2, -0.15) is 0 Å². The first-order valence-corrected chi connectivity index (χ1v) is 6.37. The van der Waals surface area contributed by atoms with E-state index in [-0.39, 0.29) is 12.5 Å². The van der Waals surface area contributed by atoms with Gasteiger partial charge in [0.15, 0.2) is 0 Å². The van der Waals surface area contributed by atoms with E-state index in [1.807, 2.05) is 31.2 Å². The molecule has 0 saturated heterocycles. The summed E-state index contributed by atoms with van der Waals surface area (Å²) in [6.45, 7) is 3.89. The molecule has 0 radical (unpaired) electrons. The number of aliphatic hydroxyl groups is 1. The second-order valence-corrected chi connectivity index (χ2v) is 4.25. The predicted molar refractivity (Wildman–Crippen MR) is 72.0 cm³/mol. The number of likely N-dealkylation sites (N-methyl/N-ethyl adjacent to an activating group) is 1. The van der Waals surface area contributed by atoms with Gasteiger partial charge < -0.3 is 15.7 Å². The minimum atomic E-state index is 0.103. The molecule has 1 aromatic rings. The molecule has 0 aliphatic rings. The number of carbonyl (C=O) groups excluding carboxylic acids is 1. The van der Waals surface area contributed by atoms with E-state index in [2.05, 4.69) is 0 Å². The van der Waals surface area contributed by atoms with Gasteiger partial charge in [0.2, 0.25) is 5.91 Å². The molecule has 0 heterocycles. The highest BCUT2D eigenvalue weighted by Crippen LogP contribution is 2.06. The van der Waals surface area contributed by atoms with Crippen LogP contribution in [-0.2, 0) is 17.8 Å². The van der Waals surface area contributed by atoms with Crippen molar-refractivity contribution in [1.82, 2.24) is 4.90 Å². The van der Waals surface area contributed by atoms with Crippen molar-refractivity contribution in [2.75, 3.05) is 19.7 Å². The van der Waals surface area contributed by atoms with Crippen molar-refractivity contribution in [3.8, 4) is 0 Å². The summed E-state index contributed by atoms with van der Waals surface area (Å²) in [5.74, 6) is 0.103. The van der Waals surface area contributed by atoms with Gasteiger partial charge in [0.25, 0.3) is 0 Å². The molecular weight excluding hydrogens is 228 g/mol. The molecule has 4 heteroatoms. The van der Waals surface area contributed by atoms with Crippen LogP contribution in [0.15, 0.2) is 24.3 Å². The Bertz CT molecular complexity index is 363. The summed E-state index contributed by atoms with van der Waals surface area (Å²) in [5.41, 5.74) is 7.59. The summed E-state index contributed by atoms with van der Waals surface area (Å²) in [4.78, 5) is 13.8. The maximum absolute atomic E-state index is 12.0. The van der Waals surface area contributed by atoms with Crippen LogP contribution in [0.5, 0.6) is 0 Å². The molecule has 4 nitrogen and oxygen atoms in total. The molecule has 1 amide bonds. The molecule has 0 bridgehead atoms. The second-order valence-electron chi connectivity index (χ2n) is 4.25. The van der Waals surface area contributed by atoms with Crippen LogP contribution in [0.3, 0.4) is 0 Å². The Labute approximate surface area is 108 Å². The van der Waals surface area contributed by atoms with E-state index in [1.165, 1.54) is 0 Å². The van der Waals surface area contributed by atoms with Gasteiger partial charge in [-0.25, -0.2) is 0 Å². The van der Waals surface area contributed by atoms with Gasteiger partial charge in [0, 0.05) is 26.2 Å². The summed E-state index contributed by atoms with van der Waals surface area (Å²) in [5, 5.41) is 8.79. The molecule has 0 saturated carbocycles. The van der Waals surface area contributed by atoms with Gasteiger partial charge in [-0.05, 0) is 24.5 Å². The summed E-state index contributed by atoms with van der Waals surface area (Å²) in [7, 11) is 0. The molecule has 0 unspecified atom stereocenters. The van der Waals surface area contributed by atoms with Crippen molar-refractivity contribution in [2.45, 2.75) is 26.3 Å². The van der Waals surface area contributed by atoms with Crippen LogP contribution in [0, 0.1) is 0 Å². The number of aliphatic hydroxyl groups excluding tert-OH is 1. The molecule has 0 aromatic heterocycles. The molecule has 0 fully saturated rings. The summed E-state index contributed by atoms with van der Waals surface area (Å²) in [6, 6.07) is 7.79. The molecule has 0 spiro atoms. The molecule has 18 heavy (non-hydrogen) atoms. The maximum atomic E-state index is 12.0. The number of benzene rings is 1. The summed E-state index contributed by atoms with van der Waals surface area (Å²) in [6.07, 6.45) is 1.04. The standard InChI is InChI=1S/C14H22N2O2/c1-2-16(8-3-9-17)14(18)10-12-4-6-13(11-15)7-5-12/h4-7,17H,2-3,8-11,15H2,1H3. The number of hydrogen-bond acceptors (Lipinski definition) is 3. The zero-order chi connectivity index (χ0) is 13.4. The average Bonchev–Trinajstić information content (AvgIpc) is 2.40. The smallest absolute Gasteiger partial charge is 0.226 e. The fraction of sp³-hybridized carbons (Fsp3) is 0.500. The molecule has 100 valence electrons. The van der Waals surface area contributed by atoms with E-state index in [0.29, 0.717) is 32.5 Å². The molecule has 0 aliphatic carbocycles. The van der Waals surface area contributed by atoms with E-state index >= 15 is 0 Å². The van der Waals surface area contributed by atoms with E-state index in [4.69, 9.17) is 10.8 Å². The minimum Gasteiger partial charge on any atom is -0.396 e. The summed E-state index contributed by atoms with van der Waals surface area (Å²) >= 11 is 0. The van der Waals surface area contributed by atoms with Crippen molar-refractivity contribution >= 4 is 5.91 Å². The minimum absolute atomic E-state index is 0.103. The van der Waals surface area contributed by atoms with E-state index in [0.717, 1.165) is 11.1 Å². The third-order valence-electron chi connectivity index (χ3n) is 2.93. The van der Waals surface area contributed by atoms with Crippen LogP contribution >= 0.6 is 0 Å². The highest BCUT2D eigenvalue weighted by atomic mass is 16.3. The van der Waals surface area contributed by atoms with Gasteiger partial charge in [-0.15, -0.1) is 0 Å². The van der Waals surface area contributed by atoms with Crippen molar-refractivity contribution in [1.29, 1.82) is 0 Å². The van der Waals surface area contributed by atoms with Gasteiger partial charge >= 0.3 is 0 Å². The van der Waals surface area contributed by atoms with Crippen molar-refractivity contribution < 1.29 is 9.90 Å². The Morgan fingerprint density at radius 3 is 2.39 bits per heavy atom. The largest absolute Gasteiger partial charge is 0.396 e. The molecule has 0 atom stereocenters. The Hall–Kier alpha value is -1.39. The lowest BCUT2D eigenvalue weighted by molar-refractivity contribution is -0.130. The topological polar surface area (TPSA) is 66.6 Å². The fourth-order valence-corrected chi connectivity index (χ4v) is 1.80. The Kier molecular flexibility index (Phi) is 6.39. The molecule has 1 aromatic carbocycles. The number of amides is 1. The molecule has 1 rings (SSSR count). The van der Waals surface area contributed by atoms with Gasteiger partial charge in [0.1, 0.15) is 0 Å². The van der Waals surface area contributed by atoms with Crippen LogP contribution < -0.4 is 5.73 Å². The van der Waals surface area contributed by atoms with Crippen molar-refractivity contribution in [3.63, 3.8) is 0 Å². The van der Waals surface area contributed by atoms with Crippen LogP contribution in [0.4, 0.5) is 0 Å². The number of nitrogens with zero attached hydrogens (tertiary/aromatic N) is 1. The van der Waals surface area contributed by atoms with Gasteiger partial charge in [-0.3, -0.25) is 4.79 Å². The van der Waals surface area contributed by atoms with Crippen LogP contribution in [0.1, 0.15) is 24.5 Å². The fourth-order valence-electron chi connectivity index (χ4n) is 1.80. The van der Waals surface area contributed by atoms with Crippen LogP contribution in [0.2, 0.25) is 0 Å². The van der Waals surface area contributed by atoms with Gasteiger partial charge in [0.05, 0.1) is 6.42 Å². The van der Waals surface area contributed by atoms with Crippen LogP contribution in [0.25, 0.3) is 0 Å². The Morgan fingerprint density at radius 2 is 1.89 bits per heavy atom. The lowest BCUT2D eigenvalue weighted by Crippen LogP contribution is -2.33. The van der Waals surface area contributed by atoms with Gasteiger partial charge in [-0.1, -0.05) is 24.3 Å². The molecular formula is C14H22N2O2. The summed E-state index contributed by atoms with van der Waals surface area (Å²) < 4.78 is 0. The zero-order valence-corrected chi connectivity index (χ0v) is 10.9. The normalized spacial score (nSPS) is 10.4. The first-order valence-electron chi connectivity index (χ1n) is 6.37. The lowest BCUT2D eigenvalue weighted by Gasteiger charge is -2.20. The van der Waals surface area contributed by atoms with E-state index in [9.17, 15) is 4.79 Å². The molecule has 0 aliphatic heterocycles. The second kappa shape index (κ2) is 7.84. The number of carbonyl (C=O) groups is 1. The first-order chi connectivity index (χ1) is 8.71. The first kappa shape index (κ1) is 14.7. The number of hydrogen-bond donors (Lipinski definition) is 2. The third kappa shape index (κ3) is 4.47. The number of nitrogens with two attached hydrogens (primary N) is 1. The predicted octanol–water partition coefficient (Wildman–Crippen LogP) is 0.919. The Morgan fingerprint density at radius 1 is 1.28 bits per heavy atom.